The third kappa shape index (κ3) is 4.79. The number of hydrogen-bond acceptors (Lipinski definition) is 1. The van der Waals surface area contributed by atoms with E-state index in [1.54, 1.807) is 0 Å². The van der Waals surface area contributed by atoms with E-state index in [1.807, 2.05) is 0 Å². The zero-order chi connectivity index (χ0) is 10.7. The van der Waals surface area contributed by atoms with Gasteiger partial charge in [-0.15, -0.1) is 0 Å². The van der Waals surface area contributed by atoms with Crippen LogP contribution in [-0.2, 0) is 4.43 Å². The lowest BCUT2D eigenvalue weighted by Gasteiger charge is -2.36. The molecule has 13 heavy (non-hydrogen) atoms. The highest BCUT2D eigenvalue weighted by Crippen LogP contribution is 2.36. The van der Waals surface area contributed by atoms with Gasteiger partial charge in [-0.3, -0.25) is 0 Å². The van der Waals surface area contributed by atoms with E-state index in [9.17, 15) is 0 Å². The van der Waals surface area contributed by atoms with Crippen molar-refractivity contribution in [3.8, 4) is 0 Å². The molecule has 0 bridgehead atoms. The minimum Gasteiger partial charge on any atom is -0.417 e. The van der Waals surface area contributed by atoms with Crippen LogP contribution in [0.25, 0.3) is 0 Å². The van der Waals surface area contributed by atoms with Crippen molar-refractivity contribution in [1.29, 1.82) is 0 Å². The molecule has 0 aromatic heterocycles. The van der Waals surface area contributed by atoms with Gasteiger partial charge in [-0.2, -0.15) is 0 Å². The summed E-state index contributed by atoms with van der Waals surface area (Å²) in [4.78, 5) is 0. The molecule has 0 fully saturated rings. The molecule has 1 nitrogen and oxygen atoms in total. The molecule has 0 unspecified atom stereocenters. The summed E-state index contributed by atoms with van der Waals surface area (Å²) >= 11 is 2.42. The van der Waals surface area contributed by atoms with Crippen LogP contribution in [0, 0.1) is 5.92 Å². The summed E-state index contributed by atoms with van der Waals surface area (Å²) in [6.07, 6.45) is 0. The van der Waals surface area contributed by atoms with Gasteiger partial charge in [0, 0.05) is 11.0 Å². The first-order valence-electron chi connectivity index (χ1n) is 4.90. The molecule has 1 atom stereocenters. The first-order chi connectivity index (χ1) is 5.70. The normalized spacial score (nSPS) is 15.9. The summed E-state index contributed by atoms with van der Waals surface area (Å²) in [6.45, 7) is 14.7. The highest BCUT2D eigenvalue weighted by molar-refractivity contribution is 14.1. The maximum Gasteiger partial charge on any atom is 0.191 e. The van der Waals surface area contributed by atoms with E-state index in [1.165, 1.54) is 4.43 Å². The Labute approximate surface area is 97.9 Å². The Morgan fingerprint density at radius 3 is 2.08 bits per heavy atom. The van der Waals surface area contributed by atoms with E-state index in [0.29, 0.717) is 11.0 Å². The van der Waals surface area contributed by atoms with Gasteiger partial charge in [-0.25, -0.2) is 0 Å². The maximum absolute atomic E-state index is 6.08. The largest absolute Gasteiger partial charge is 0.417 e. The summed E-state index contributed by atoms with van der Waals surface area (Å²) in [5, 5.41) is 0.345. The summed E-state index contributed by atoms with van der Waals surface area (Å²) in [6, 6.07) is 0. The van der Waals surface area contributed by atoms with Crippen LogP contribution in [0.5, 0.6) is 0 Å². The lowest BCUT2D eigenvalue weighted by Crippen LogP contribution is -2.41. The Morgan fingerprint density at radius 1 is 1.31 bits per heavy atom. The zero-order valence-corrected chi connectivity index (χ0v) is 12.9. The fraction of sp³-hybridized carbons (Fsp3) is 1.00. The monoisotopic (exact) mass is 314 g/mol. The van der Waals surface area contributed by atoms with Gasteiger partial charge in [-0.05, 0) is 24.1 Å². The van der Waals surface area contributed by atoms with Crippen molar-refractivity contribution in [2.24, 2.45) is 5.92 Å². The van der Waals surface area contributed by atoms with Gasteiger partial charge in [-0.1, -0.05) is 50.3 Å². The molecule has 3 heteroatoms. The lowest BCUT2D eigenvalue weighted by atomic mass is 10.2. The molecule has 80 valence electrons. The predicted octanol–water partition coefficient (Wildman–Crippen LogP) is 4.08. The lowest BCUT2D eigenvalue weighted by molar-refractivity contribution is 0.250. The smallest absolute Gasteiger partial charge is 0.191 e. The third-order valence-corrected chi connectivity index (χ3v) is 8.80. The summed E-state index contributed by atoms with van der Waals surface area (Å²) in [7, 11) is -1.49. The van der Waals surface area contributed by atoms with Crippen molar-refractivity contribution in [2.75, 3.05) is 11.0 Å². The Kier molecular flexibility index (Phi) is 5.48. The first kappa shape index (κ1) is 13.9. The summed E-state index contributed by atoms with van der Waals surface area (Å²) in [5.41, 5.74) is 0. The van der Waals surface area contributed by atoms with E-state index < -0.39 is 8.32 Å². The van der Waals surface area contributed by atoms with Gasteiger partial charge in [0.1, 0.15) is 0 Å². The molecule has 0 aromatic carbocycles. The molecule has 0 aliphatic heterocycles. The Balaban J connectivity index is 4.04. The van der Waals surface area contributed by atoms with Crippen molar-refractivity contribution in [3.63, 3.8) is 0 Å². The van der Waals surface area contributed by atoms with Crippen molar-refractivity contribution in [2.45, 2.75) is 45.8 Å². The Bertz CT molecular complexity index is 151. The molecule has 0 rings (SSSR count). The molecule has 0 radical (unpaired) electrons. The third-order valence-electron chi connectivity index (χ3n) is 2.80. The molecular weight excluding hydrogens is 291 g/mol. The van der Waals surface area contributed by atoms with E-state index in [4.69, 9.17) is 4.43 Å². The standard InChI is InChI=1S/C10H23IOSi/c1-9(7-11)8-12-13(5,6)10(2,3)4/h9H,7-8H2,1-6H3/t9-/m0/s1. The van der Waals surface area contributed by atoms with Crippen molar-refractivity contribution < 1.29 is 4.43 Å². The molecule has 0 heterocycles. The van der Waals surface area contributed by atoms with Crippen LogP contribution in [0.4, 0.5) is 0 Å². The van der Waals surface area contributed by atoms with E-state index in [-0.39, 0.29) is 0 Å². The fourth-order valence-electron chi connectivity index (χ4n) is 0.612. The van der Waals surface area contributed by atoms with Crippen molar-refractivity contribution >= 4 is 30.9 Å². The molecule has 0 spiro atoms. The van der Waals surface area contributed by atoms with Crippen molar-refractivity contribution in [1.82, 2.24) is 0 Å². The highest BCUT2D eigenvalue weighted by atomic mass is 127. The molecule has 0 aromatic rings. The highest BCUT2D eigenvalue weighted by Gasteiger charge is 2.37. The van der Waals surface area contributed by atoms with Crippen LogP contribution in [0.15, 0.2) is 0 Å². The fourth-order valence-corrected chi connectivity index (χ4v) is 2.00. The van der Waals surface area contributed by atoms with Crippen LogP contribution >= 0.6 is 22.6 Å². The molecule has 0 saturated heterocycles. The molecule has 0 aliphatic rings. The Morgan fingerprint density at radius 2 is 1.77 bits per heavy atom. The van der Waals surface area contributed by atoms with Gasteiger partial charge < -0.3 is 4.43 Å². The average molecular weight is 314 g/mol. The summed E-state index contributed by atoms with van der Waals surface area (Å²) in [5.74, 6) is 0.690. The van der Waals surface area contributed by atoms with Crippen molar-refractivity contribution in [3.05, 3.63) is 0 Å². The Hall–Kier alpha value is 0.907. The van der Waals surface area contributed by atoms with Crippen LogP contribution in [-0.4, -0.2) is 19.4 Å². The minimum absolute atomic E-state index is 0.345. The molecule has 0 N–H and O–H groups in total. The van der Waals surface area contributed by atoms with E-state index in [0.717, 1.165) is 6.61 Å². The van der Waals surface area contributed by atoms with Gasteiger partial charge >= 0.3 is 0 Å². The maximum atomic E-state index is 6.08. The van der Waals surface area contributed by atoms with Crippen LogP contribution in [0.2, 0.25) is 18.1 Å². The molecular formula is C10H23IOSi. The average Bonchev–Trinajstić information content (AvgIpc) is 1.98. The van der Waals surface area contributed by atoms with Crippen LogP contribution in [0.1, 0.15) is 27.7 Å². The molecule has 0 saturated carbocycles. The first-order valence-corrected chi connectivity index (χ1v) is 9.34. The van der Waals surface area contributed by atoms with Gasteiger partial charge in [0.05, 0.1) is 0 Å². The van der Waals surface area contributed by atoms with Gasteiger partial charge in [0.2, 0.25) is 0 Å². The second kappa shape index (κ2) is 5.12. The van der Waals surface area contributed by atoms with Crippen LogP contribution < -0.4 is 0 Å². The molecule has 0 amide bonds. The zero-order valence-electron chi connectivity index (χ0n) is 9.78. The number of rotatable bonds is 4. The second-order valence-electron chi connectivity index (χ2n) is 5.33. The second-order valence-corrected chi connectivity index (χ2v) is 11.0. The molecule has 0 aliphatic carbocycles. The quantitative estimate of drug-likeness (QED) is 0.432. The SMILES string of the molecule is C[C@@H](CI)CO[Si](C)(C)C(C)(C)C. The van der Waals surface area contributed by atoms with E-state index >= 15 is 0 Å². The number of halogens is 1. The predicted molar refractivity (Wildman–Crippen MR) is 71.2 cm³/mol. The van der Waals surface area contributed by atoms with E-state index in [2.05, 4.69) is 63.4 Å². The number of alkyl halides is 1. The topological polar surface area (TPSA) is 9.23 Å². The number of hydrogen-bond donors (Lipinski definition) is 0. The van der Waals surface area contributed by atoms with Gasteiger partial charge in [0.15, 0.2) is 8.32 Å². The van der Waals surface area contributed by atoms with Crippen LogP contribution in [0.3, 0.4) is 0 Å². The summed E-state index contributed by atoms with van der Waals surface area (Å²) < 4.78 is 7.27. The van der Waals surface area contributed by atoms with Gasteiger partial charge in [0.25, 0.3) is 0 Å². The minimum atomic E-state index is -1.49.